The second-order valence-corrected chi connectivity index (χ2v) is 6.20. The van der Waals surface area contributed by atoms with Crippen molar-refractivity contribution in [2.24, 2.45) is 0 Å². The lowest BCUT2D eigenvalue weighted by Gasteiger charge is -2.02. The van der Waals surface area contributed by atoms with Crippen LogP contribution in [0.4, 0.5) is 0 Å². The monoisotopic (exact) mass is 328 g/mol. The van der Waals surface area contributed by atoms with Gasteiger partial charge in [-0.15, -0.1) is 11.3 Å². The van der Waals surface area contributed by atoms with Gasteiger partial charge in [0.1, 0.15) is 5.01 Å². The zero-order valence-electron chi connectivity index (χ0n) is 11.6. The van der Waals surface area contributed by atoms with Crippen molar-refractivity contribution in [1.29, 1.82) is 0 Å². The molecule has 3 aromatic rings. The third-order valence-corrected chi connectivity index (χ3v) is 4.28. The molecule has 0 fully saturated rings. The number of thiazole rings is 1. The maximum absolute atomic E-state index is 11.8. The first kappa shape index (κ1) is 14.8. The number of nitrogens with zero attached hydrogens (tertiary/aromatic N) is 1. The van der Waals surface area contributed by atoms with Crippen molar-refractivity contribution < 1.29 is 4.79 Å². The van der Waals surface area contributed by atoms with Gasteiger partial charge in [-0.05, 0) is 35.9 Å². The van der Waals surface area contributed by atoms with Crippen LogP contribution in [0.25, 0.3) is 16.3 Å². The highest BCUT2D eigenvalue weighted by Crippen LogP contribution is 2.22. The Balaban J connectivity index is 1.61. The summed E-state index contributed by atoms with van der Waals surface area (Å²) in [6.45, 7) is 0.448. The zero-order valence-corrected chi connectivity index (χ0v) is 13.2. The quantitative estimate of drug-likeness (QED) is 0.726. The number of nitrogens with one attached hydrogen (secondary N) is 1. The van der Waals surface area contributed by atoms with Gasteiger partial charge in [0.15, 0.2) is 0 Å². The Morgan fingerprint density at radius 3 is 2.91 bits per heavy atom. The van der Waals surface area contributed by atoms with Gasteiger partial charge in [0, 0.05) is 17.6 Å². The van der Waals surface area contributed by atoms with Crippen LogP contribution in [0.3, 0.4) is 0 Å². The van der Waals surface area contributed by atoms with Crippen molar-refractivity contribution in [3.8, 4) is 0 Å². The molecule has 3 nitrogen and oxygen atoms in total. The first-order chi connectivity index (χ1) is 10.7. The van der Waals surface area contributed by atoms with Gasteiger partial charge in [0.25, 0.3) is 0 Å². The van der Waals surface area contributed by atoms with Crippen LogP contribution < -0.4 is 5.32 Å². The summed E-state index contributed by atoms with van der Waals surface area (Å²) in [7, 11) is 0. The van der Waals surface area contributed by atoms with E-state index in [0.29, 0.717) is 11.6 Å². The van der Waals surface area contributed by atoms with E-state index in [0.717, 1.165) is 20.8 Å². The van der Waals surface area contributed by atoms with E-state index < -0.39 is 0 Å². The molecule has 1 N–H and O–H groups in total. The summed E-state index contributed by atoms with van der Waals surface area (Å²) in [6.07, 6.45) is 3.24. The van der Waals surface area contributed by atoms with Crippen LogP contribution in [-0.2, 0) is 11.3 Å². The van der Waals surface area contributed by atoms with Crippen molar-refractivity contribution in [3.05, 3.63) is 70.2 Å². The molecular weight excluding hydrogens is 316 g/mol. The van der Waals surface area contributed by atoms with Crippen molar-refractivity contribution >= 4 is 45.1 Å². The highest BCUT2D eigenvalue weighted by molar-refractivity contribution is 7.19. The van der Waals surface area contributed by atoms with Crippen LogP contribution >= 0.6 is 22.9 Å². The standard InChI is InChI=1S/C17H13ClN2OS/c18-13-5-3-4-12(10-13)11-19-16(21)8-9-17-20-14-6-1-2-7-15(14)22-17/h1-10H,11H2,(H,19,21). The van der Waals surface area contributed by atoms with Crippen LogP contribution in [-0.4, -0.2) is 10.9 Å². The number of carbonyl (C=O) groups excluding carboxylic acids is 1. The molecule has 0 saturated carbocycles. The number of rotatable bonds is 4. The molecule has 1 heterocycles. The Labute approximate surface area is 137 Å². The summed E-state index contributed by atoms with van der Waals surface area (Å²) in [4.78, 5) is 16.3. The topological polar surface area (TPSA) is 42.0 Å². The molecule has 0 spiro atoms. The third-order valence-electron chi connectivity index (χ3n) is 3.04. The maximum Gasteiger partial charge on any atom is 0.244 e. The van der Waals surface area contributed by atoms with E-state index in [9.17, 15) is 4.79 Å². The molecule has 0 aliphatic heterocycles. The van der Waals surface area contributed by atoms with Crippen LogP contribution in [0.5, 0.6) is 0 Å². The molecule has 1 amide bonds. The van der Waals surface area contributed by atoms with Crippen molar-refractivity contribution in [2.75, 3.05) is 0 Å². The van der Waals surface area contributed by atoms with E-state index in [4.69, 9.17) is 11.6 Å². The normalized spacial score (nSPS) is 11.1. The summed E-state index contributed by atoms with van der Waals surface area (Å²) < 4.78 is 1.11. The Morgan fingerprint density at radius 2 is 2.09 bits per heavy atom. The van der Waals surface area contributed by atoms with Gasteiger partial charge in [-0.1, -0.05) is 35.9 Å². The lowest BCUT2D eigenvalue weighted by Crippen LogP contribution is -2.20. The molecule has 0 bridgehead atoms. The average molecular weight is 329 g/mol. The molecule has 1 aromatic heterocycles. The first-order valence-corrected chi connectivity index (χ1v) is 7.96. The molecule has 110 valence electrons. The number of hydrogen-bond acceptors (Lipinski definition) is 3. The number of aromatic nitrogens is 1. The largest absolute Gasteiger partial charge is 0.348 e. The number of hydrogen-bond donors (Lipinski definition) is 1. The SMILES string of the molecule is O=C(C=Cc1nc2ccccc2s1)NCc1cccc(Cl)c1. The highest BCUT2D eigenvalue weighted by Gasteiger charge is 2.01. The molecule has 0 saturated heterocycles. The second kappa shape index (κ2) is 6.73. The Kier molecular flexibility index (Phi) is 4.51. The maximum atomic E-state index is 11.8. The molecule has 5 heteroatoms. The number of para-hydroxylation sites is 1. The first-order valence-electron chi connectivity index (χ1n) is 6.77. The van der Waals surface area contributed by atoms with E-state index >= 15 is 0 Å². The molecule has 3 rings (SSSR count). The van der Waals surface area contributed by atoms with E-state index in [1.54, 1.807) is 23.5 Å². The van der Waals surface area contributed by atoms with Crippen molar-refractivity contribution in [3.63, 3.8) is 0 Å². The summed E-state index contributed by atoms with van der Waals surface area (Å²) in [5.41, 5.74) is 1.92. The van der Waals surface area contributed by atoms with E-state index in [1.807, 2.05) is 42.5 Å². The fraction of sp³-hybridized carbons (Fsp3) is 0.0588. The molecule has 0 radical (unpaired) electrons. The Morgan fingerprint density at radius 1 is 1.23 bits per heavy atom. The molecule has 0 unspecified atom stereocenters. The lowest BCUT2D eigenvalue weighted by molar-refractivity contribution is -0.116. The van der Waals surface area contributed by atoms with E-state index in [-0.39, 0.29) is 5.91 Å². The van der Waals surface area contributed by atoms with Gasteiger partial charge in [0.2, 0.25) is 5.91 Å². The predicted molar refractivity (Wildman–Crippen MR) is 92.0 cm³/mol. The van der Waals surface area contributed by atoms with Crippen molar-refractivity contribution in [2.45, 2.75) is 6.54 Å². The number of carbonyl (C=O) groups is 1. The molecule has 0 atom stereocenters. The molecule has 0 aliphatic rings. The number of benzene rings is 2. The minimum absolute atomic E-state index is 0.153. The zero-order chi connectivity index (χ0) is 15.4. The van der Waals surface area contributed by atoms with Crippen molar-refractivity contribution in [1.82, 2.24) is 10.3 Å². The Bertz CT molecular complexity index is 808. The minimum atomic E-state index is -0.153. The van der Waals surface area contributed by atoms with Crippen LogP contribution in [0.15, 0.2) is 54.6 Å². The Hall–Kier alpha value is -2.17. The predicted octanol–water partition coefficient (Wildman–Crippen LogP) is 4.28. The number of halogens is 1. The molecule has 22 heavy (non-hydrogen) atoms. The third kappa shape index (κ3) is 3.72. The summed E-state index contributed by atoms with van der Waals surface area (Å²) in [6, 6.07) is 15.3. The fourth-order valence-corrected chi connectivity index (χ4v) is 3.09. The van der Waals surface area contributed by atoms with Gasteiger partial charge in [-0.25, -0.2) is 4.98 Å². The van der Waals surface area contributed by atoms with Crippen LogP contribution in [0.2, 0.25) is 5.02 Å². The van der Waals surface area contributed by atoms with Gasteiger partial charge >= 0.3 is 0 Å². The second-order valence-electron chi connectivity index (χ2n) is 4.70. The van der Waals surface area contributed by atoms with Gasteiger partial charge in [-0.3, -0.25) is 4.79 Å². The average Bonchev–Trinajstić information content (AvgIpc) is 2.94. The van der Waals surface area contributed by atoms with Gasteiger partial charge in [0.05, 0.1) is 10.2 Å². The summed E-state index contributed by atoms with van der Waals surface area (Å²) in [5, 5.41) is 4.30. The lowest BCUT2D eigenvalue weighted by atomic mass is 10.2. The van der Waals surface area contributed by atoms with Gasteiger partial charge < -0.3 is 5.32 Å². The smallest absolute Gasteiger partial charge is 0.244 e. The summed E-state index contributed by atoms with van der Waals surface area (Å²) >= 11 is 7.47. The van der Waals surface area contributed by atoms with E-state index in [2.05, 4.69) is 10.3 Å². The summed E-state index contributed by atoms with van der Waals surface area (Å²) in [5.74, 6) is -0.153. The number of fused-ring (bicyclic) bond motifs is 1. The minimum Gasteiger partial charge on any atom is -0.348 e. The van der Waals surface area contributed by atoms with E-state index in [1.165, 1.54) is 6.08 Å². The fourth-order valence-electron chi connectivity index (χ4n) is 2.00. The highest BCUT2D eigenvalue weighted by atomic mass is 35.5. The molecule has 2 aromatic carbocycles. The van der Waals surface area contributed by atoms with Crippen LogP contribution in [0.1, 0.15) is 10.6 Å². The number of amides is 1. The molecule has 0 aliphatic carbocycles. The molecular formula is C17H13ClN2OS. The van der Waals surface area contributed by atoms with Gasteiger partial charge in [-0.2, -0.15) is 0 Å². The van der Waals surface area contributed by atoms with Crippen LogP contribution in [0, 0.1) is 0 Å².